The molecule has 2 aliphatic rings. The van der Waals surface area contributed by atoms with E-state index in [1.165, 1.54) is 35.3 Å². The maximum atomic E-state index is 11.1. The lowest BCUT2D eigenvalue weighted by Gasteiger charge is -2.36. The fourth-order valence-electron chi connectivity index (χ4n) is 3.98. The molecule has 1 aromatic rings. The largest absolute Gasteiger partial charge is 0.385 e. The van der Waals surface area contributed by atoms with Gasteiger partial charge in [-0.3, -0.25) is 4.90 Å². The minimum atomic E-state index is -0.331. The van der Waals surface area contributed by atoms with Gasteiger partial charge in [0.1, 0.15) is 6.23 Å². The summed E-state index contributed by atoms with van der Waals surface area (Å²) in [6, 6.07) is 7.40. The van der Waals surface area contributed by atoms with Crippen molar-refractivity contribution in [3.63, 3.8) is 0 Å². The van der Waals surface area contributed by atoms with Gasteiger partial charge < -0.3 is 15.2 Å². The molecular weight excluding hydrogens is 344 g/mol. The second-order valence-corrected chi connectivity index (χ2v) is 8.51. The molecule has 1 aliphatic carbocycles. The number of hydrogen-bond donors (Lipinski definition) is 2. The Hall–Kier alpha value is -0.590. The number of ether oxygens (including phenoxy) is 1. The summed E-state index contributed by atoms with van der Waals surface area (Å²) in [7, 11) is 1.76. The molecule has 1 aromatic carbocycles. The first kappa shape index (κ1) is 20.2. The molecule has 5 heteroatoms. The van der Waals surface area contributed by atoms with E-state index in [2.05, 4.69) is 34.7 Å². The van der Waals surface area contributed by atoms with Crippen molar-refractivity contribution in [2.24, 2.45) is 5.92 Å². The van der Waals surface area contributed by atoms with Gasteiger partial charge in [-0.1, -0.05) is 12.1 Å². The number of aliphatic hydroxyl groups excluding tert-OH is 1. The fourth-order valence-corrected chi connectivity index (χ4v) is 4.57. The molecule has 4 nitrogen and oxygen atoms in total. The molecule has 3 rings (SSSR count). The normalized spacial score (nSPS) is 21.9. The summed E-state index contributed by atoms with van der Waals surface area (Å²) in [6.07, 6.45) is 8.66. The number of thioether (sulfide) groups is 1. The minimum Gasteiger partial charge on any atom is -0.385 e. The van der Waals surface area contributed by atoms with Crippen molar-refractivity contribution in [2.45, 2.75) is 62.2 Å². The molecule has 2 fully saturated rings. The van der Waals surface area contributed by atoms with Crippen molar-refractivity contribution >= 4 is 11.8 Å². The summed E-state index contributed by atoms with van der Waals surface area (Å²) >= 11 is 1.81. The van der Waals surface area contributed by atoms with Crippen LogP contribution in [0.4, 0.5) is 0 Å². The van der Waals surface area contributed by atoms with Crippen LogP contribution >= 0.6 is 11.8 Å². The van der Waals surface area contributed by atoms with Gasteiger partial charge >= 0.3 is 0 Å². The first-order valence-electron chi connectivity index (χ1n) is 10.0. The highest BCUT2D eigenvalue weighted by molar-refractivity contribution is 7.98. The number of benzene rings is 1. The van der Waals surface area contributed by atoms with Gasteiger partial charge in [0.15, 0.2) is 0 Å². The Bertz CT molecular complexity index is 559. The van der Waals surface area contributed by atoms with E-state index in [1.54, 1.807) is 7.11 Å². The van der Waals surface area contributed by atoms with Crippen LogP contribution in [0.15, 0.2) is 23.1 Å². The summed E-state index contributed by atoms with van der Waals surface area (Å²) in [5.41, 5.74) is 2.74. The molecule has 1 saturated heterocycles. The van der Waals surface area contributed by atoms with Crippen LogP contribution in [0.25, 0.3) is 0 Å². The molecule has 2 atom stereocenters. The monoisotopic (exact) mass is 378 g/mol. The molecule has 0 spiro atoms. The number of nitrogens with one attached hydrogen (secondary N) is 1. The van der Waals surface area contributed by atoms with Gasteiger partial charge in [0.05, 0.1) is 0 Å². The zero-order valence-corrected chi connectivity index (χ0v) is 17.1. The third kappa shape index (κ3) is 5.46. The maximum absolute atomic E-state index is 11.1. The van der Waals surface area contributed by atoms with Crippen molar-refractivity contribution in [3.05, 3.63) is 29.3 Å². The molecule has 0 amide bonds. The Labute approximate surface area is 162 Å². The van der Waals surface area contributed by atoms with E-state index in [-0.39, 0.29) is 6.23 Å². The zero-order chi connectivity index (χ0) is 18.4. The lowest BCUT2D eigenvalue weighted by molar-refractivity contribution is -0.0569. The summed E-state index contributed by atoms with van der Waals surface area (Å²) in [5, 5.41) is 14.5. The van der Waals surface area contributed by atoms with E-state index in [0.717, 1.165) is 45.5 Å². The topological polar surface area (TPSA) is 44.7 Å². The summed E-state index contributed by atoms with van der Waals surface area (Å²) < 4.78 is 5.19. The van der Waals surface area contributed by atoms with Crippen LogP contribution in [0.2, 0.25) is 0 Å². The second-order valence-electron chi connectivity index (χ2n) is 7.67. The van der Waals surface area contributed by atoms with Gasteiger partial charge in [0.25, 0.3) is 0 Å². The van der Waals surface area contributed by atoms with Gasteiger partial charge in [0, 0.05) is 43.7 Å². The fraction of sp³-hybridized carbons (Fsp3) is 0.714. The van der Waals surface area contributed by atoms with Crippen molar-refractivity contribution in [1.29, 1.82) is 0 Å². The highest BCUT2D eigenvalue weighted by atomic mass is 32.2. The van der Waals surface area contributed by atoms with E-state index in [4.69, 9.17) is 4.74 Å². The molecule has 0 bridgehead atoms. The number of piperidine rings is 1. The van der Waals surface area contributed by atoms with Crippen LogP contribution in [0, 0.1) is 5.92 Å². The van der Waals surface area contributed by atoms with E-state index in [9.17, 15) is 5.11 Å². The van der Waals surface area contributed by atoms with Crippen molar-refractivity contribution in [2.75, 3.05) is 33.1 Å². The SMILES string of the molecule is COCCCc1ccc(SC)c(CN(C2CC2)C(O)[C@@H]2CCCNC2)c1. The molecule has 2 N–H and O–H groups in total. The lowest BCUT2D eigenvalue weighted by Crippen LogP contribution is -2.47. The number of aryl methyl sites for hydroxylation is 1. The van der Waals surface area contributed by atoms with Crippen LogP contribution in [-0.2, 0) is 17.7 Å². The molecule has 26 heavy (non-hydrogen) atoms. The van der Waals surface area contributed by atoms with Crippen LogP contribution in [-0.4, -0.2) is 55.3 Å². The van der Waals surface area contributed by atoms with Crippen LogP contribution < -0.4 is 5.32 Å². The van der Waals surface area contributed by atoms with Gasteiger partial charge in [-0.25, -0.2) is 0 Å². The van der Waals surface area contributed by atoms with E-state index in [1.807, 2.05) is 11.8 Å². The van der Waals surface area contributed by atoms with Crippen LogP contribution in [0.3, 0.4) is 0 Å². The Kier molecular flexibility index (Phi) is 7.82. The average molecular weight is 379 g/mol. The number of methoxy groups -OCH3 is 1. The van der Waals surface area contributed by atoms with Crippen molar-refractivity contribution in [1.82, 2.24) is 10.2 Å². The Morgan fingerprint density at radius 1 is 1.35 bits per heavy atom. The average Bonchev–Trinajstić information content (AvgIpc) is 3.52. The lowest BCUT2D eigenvalue weighted by atomic mass is 9.96. The minimum absolute atomic E-state index is 0.331. The molecule has 1 saturated carbocycles. The van der Waals surface area contributed by atoms with Crippen LogP contribution in [0.5, 0.6) is 0 Å². The molecule has 146 valence electrons. The van der Waals surface area contributed by atoms with E-state index >= 15 is 0 Å². The molecular formula is C21H34N2O2S. The van der Waals surface area contributed by atoms with E-state index < -0.39 is 0 Å². The quantitative estimate of drug-likeness (QED) is 0.372. The zero-order valence-electron chi connectivity index (χ0n) is 16.2. The molecule has 0 aromatic heterocycles. The first-order chi connectivity index (χ1) is 12.7. The number of hydrogen-bond acceptors (Lipinski definition) is 5. The predicted molar refractivity (Wildman–Crippen MR) is 109 cm³/mol. The molecule has 0 radical (unpaired) electrons. The summed E-state index contributed by atoms with van der Waals surface area (Å²) in [4.78, 5) is 3.70. The first-order valence-corrected chi connectivity index (χ1v) is 11.2. The van der Waals surface area contributed by atoms with Crippen molar-refractivity contribution in [3.8, 4) is 0 Å². The van der Waals surface area contributed by atoms with Gasteiger partial charge in [-0.2, -0.15) is 0 Å². The maximum Gasteiger partial charge on any atom is 0.111 e. The molecule has 1 unspecified atom stereocenters. The second kappa shape index (κ2) is 10.1. The Morgan fingerprint density at radius 3 is 2.85 bits per heavy atom. The van der Waals surface area contributed by atoms with E-state index in [0.29, 0.717) is 12.0 Å². The highest BCUT2D eigenvalue weighted by Gasteiger charge is 2.37. The third-order valence-electron chi connectivity index (χ3n) is 5.62. The van der Waals surface area contributed by atoms with Gasteiger partial charge in [-0.05, 0) is 68.5 Å². The summed E-state index contributed by atoms with van der Waals surface area (Å²) in [5.74, 6) is 0.354. The molecule has 1 heterocycles. The predicted octanol–water partition coefficient (Wildman–Crippen LogP) is 3.27. The van der Waals surface area contributed by atoms with Crippen molar-refractivity contribution < 1.29 is 9.84 Å². The number of aliphatic hydroxyl groups is 1. The smallest absolute Gasteiger partial charge is 0.111 e. The Balaban J connectivity index is 1.71. The van der Waals surface area contributed by atoms with Gasteiger partial charge in [-0.15, -0.1) is 11.8 Å². The summed E-state index contributed by atoms with van der Waals surface area (Å²) in [6.45, 7) is 3.70. The number of nitrogens with zero attached hydrogens (tertiary/aromatic N) is 1. The van der Waals surface area contributed by atoms with Crippen LogP contribution in [0.1, 0.15) is 43.2 Å². The Morgan fingerprint density at radius 2 is 2.19 bits per heavy atom. The molecule has 1 aliphatic heterocycles. The third-order valence-corrected chi connectivity index (χ3v) is 6.46. The highest BCUT2D eigenvalue weighted by Crippen LogP contribution is 2.34. The van der Waals surface area contributed by atoms with Gasteiger partial charge in [0.2, 0.25) is 0 Å². The number of rotatable bonds is 10. The standard InChI is InChI=1S/C21H34N2O2S/c1-25-12-4-5-16-7-10-20(26-2)18(13-16)15-23(19-8-9-19)21(24)17-6-3-11-22-14-17/h7,10,13,17,19,21-22,24H,3-6,8-9,11-12,14-15H2,1-2H3/t17-,21?/m1/s1.